The molecule has 0 spiro atoms. The van der Waals surface area contributed by atoms with E-state index in [0.29, 0.717) is 11.6 Å². The minimum atomic E-state index is -0.614. The number of nitrogens with zero attached hydrogens (tertiary/aromatic N) is 3. The zero-order valence-corrected chi connectivity index (χ0v) is 12.5. The molecule has 6 heteroatoms. The van der Waals surface area contributed by atoms with E-state index in [0.717, 1.165) is 24.1 Å². The molecule has 0 unspecified atom stereocenters. The number of carbonyl (C=O) groups excluding carboxylic acids is 1. The number of nitriles is 1. The van der Waals surface area contributed by atoms with Crippen LogP contribution in [0.25, 0.3) is 10.8 Å². The van der Waals surface area contributed by atoms with Crippen LogP contribution in [-0.2, 0) is 11.2 Å². The molecule has 2 heterocycles. The van der Waals surface area contributed by atoms with Crippen LogP contribution in [0.3, 0.4) is 0 Å². The van der Waals surface area contributed by atoms with Crippen LogP contribution in [0.15, 0.2) is 28.2 Å². The van der Waals surface area contributed by atoms with Gasteiger partial charge in [0, 0.05) is 7.05 Å². The van der Waals surface area contributed by atoms with Gasteiger partial charge in [0.2, 0.25) is 11.8 Å². The molecule has 0 aromatic carbocycles. The van der Waals surface area contributed by atoms with Gasteiger partial charge in [0.05, 0.1) is 23.1 Å². The van der Waals surface area contributed by atoms with Crippen LogP contribution in [0.4, 0.5) is 0 Å². The SMILES string of the molecule is CN(C(=O)Cc1coc(-c2cccs2)n1)C1(C#N)CCC1. The third kappa shape index (κ3) is 2.45. The standard InChI is InChI=1S/C15H15N3O2S/c1-18(15(10-16)5-3-6-15)13(19)8-11-9-20-14(17-11)12-4-2-7-21-12/h2,4,7,9H,3,5-6,8H2,1H3. The molecule has 1 aliphatic carbocycles. The van der Waals surface area contributed by atoms with E-state index >= 15 is 0 Å². The minimum absolute atomic E-state index is 0.0951. The number of rotatable bonds is 4. The smallest absolute Gasteiger partial charge is 0.236 e. The van der Waals surface area contributed by atoms with Crippen molar-refractivity contribution >= 4 is 17.2 Å². The zero-order valence-electron chi connectivity index (χ0n) is 11.7. The highest BCUT2D eigenvalue weighted by Gasteiger charge is 2.43. The van der Waals surface area contributed by atoms with Crippen molar-refractivity contribution in [2.75, 3.05) is 7.05 Å². The molecule has 0 saturated heterocycles. The average Bonchev–Trinajstić information content (AvgIpc) is 3.07. The second kappa shape index (κ2) is 5.34. The molecule has 1 aliphatic rings. The summed E-state index contributed by atoms with van der Waals surface area (Å²) in [6.45, 7) is 0. The van der Waals surface area contributed by atoms with Gasteiger partial charge in [-0.2, -0.15) is 5.26 Å². The molecule has 0 N–H and O–H groups in total. The van der Waals surface area contributed by atoms with Gasteiger partial charge in [0.25, 0.3) is 0 Å². The summed E-state index contributed by atoms with van der Waals surface area (Å²) in [4.78, 5) is 19.1. The quantitative estimate of drug-likeness (QED) is 0.870. The lowest BCUT2D eigenvalue weighted by Gasteiger charge is -2.42. The molecular formula is C15H15N3O2S. The van der Waals surface area contributed by atoms with Gasteiger partial charge in [-0.1, -0.05) is 6.07 Å². The second-order valence-electron chi connectivity index (χ2n) is 5.25. The maximum Gasteiger partial charge on any atom is 0.236 e. The molecule has 1 saturated carbocycles. The van der Waals surface area contributed by atoms with Crippen molar-refractivity contribution in [3.8, 4) is 16.8 Å². The molecular weight excluding hydrogens is 286 g/mol. The van der Waals surface area contributed by atoms with Crippen molar-refractivity contribution in [2.45, 2.75) is 31.2 Å². The molecule has 21 heavy (non-hydrogen) atoms. The Labute approximate surface area is 126 Å². The van der Waals surface area contributed by atoms with Crippen molar-refractivity contribution in [2.24, 2.45) is 0 Å². The van der Waals surface area contributed by atoms with E-state index in [-0.39, 0.29) is 12.3 Å². The first-order valence-corrected chi connectivity index (χ1v) is 7.69. The van der Waals surface area contributed by atoms with E-state index in [1.807, 2.05) is 17.5 Å². The number of amides is 1. The number of aromatic nitrogens is 1. The zero-order chi connectivity index (χ0) is 14.9. The second-order valence-corrected chi connectivity index (χ2v) is 6.20. The monoisotopic (exact) mass is 301 g/mol. The van der Waals surface area contributed by atoms with Gasteiger partial charge >= 0.3 is 0 Å². The van der Waals surface area contributed by atoms with Crippen LogP contribution in [0.1, 0.15) is 25.0 Å². The van der Waals surface area contributed by atoms with Gasteiger partial charge in [-0.25, -0.2) is 4.98 Å². The number of hydrogen-bond donors (Lipinski definition) is 0. The van der Waals surface area contributed by atoms with Gasteiger partial charge in [-0.05, 0) is 30.7 Å². The lowest BCUT2D eigenvalue weighted by atomic mass is 9.76. The third-order valence-corrected chi connectivity index (χ3v) is 4.88. The summed E-state index contributed by atoms with van der Waals surface area (Å²) in [6.07, 6.45) is 4.18. The van der Waals surface area contributed by atoms with Crippen molar-refractivity contribution in [1.82, 2.24) is 9.88 Å². The molecule has 1 fully saturated rings. The van der Waals surface area contributed by atoms with E-state index in [4.69, 9.17) is 4.42 Å². The summed E-state index contributed by atoms with van der Waals surface area (Å²) in [5.41, 5.74) is -0.0140. The summed E-state index contributed by atoms with van der Waals surface area (Å²) in [6, 6.07) is 6.12. The van der Waals surface area contributed by atoms with Gasteiger partial charge in [0.15, 0.2) is 0 Å². The number of carbonyl (C=O) groups is 1. The normalized spacial score (nSPS) is 16.0. The fraction of sp³-hybridized carbons (Fsp3) is 0.400. The van der Waals surface area contributed by atoms with E-state index in [1.54, 1.807) is 23.3 Å². The number of thiophene rings is 1. The van der Waals surface area contributed by atoms with E-state index in [1.165, 1.54) is 6.26 Å². The van der Waals surface area contributed by atoms with Crippen LogP contribution in [-0.4, -0.2) is 28.4 Å². The maximum absolute atomic E-state index is 12.3. The first-order valence-electron chi connectivity index (χ1n) is 6.81. The molecule has 5 nitrogen and oxygen atoms in total. The lowest BCUT2D eigenvalue weighted by Crippen LogP contribution is -2.53. The van der Waals surface area contributed by atoms with Gasteiger partial charge in [0.1, 0.15) is 11.8 Å². The lowest BCUT2D eigenvalue weighted by molar-refractivity contribution is -0.135. The highest BCUT2D eigenvalue weighted by atomic mass is 32.1. The van der Waals surface area contributed by atoms with Crippen LogP contribution in [0.5, 0.6) is 0 Å². The van der Waals surface area contributed by atoms with Crippen LogP contribution < -0.4 is 0 Å². The van der Waals surface area contributed by atoms with E-state index in [9.17, 15) is 10.1 Å². The molecule has 0 aliphatic heterocycles. The Bertz CT molecular complexity index is 680. The number of hydrogen-bond acceptors (Lipinski definition) is 5. The van der Waals surface area contributed by atoms with Gasteiger partial charge in [-0.3, -0.25) is 4.79 Å². The summed E-state index contributed by atoms with van der Waals surface area (Å²) >= 11 is 1.54. The van der Waals surface area contributed by atoms with E-state index in [2.05, 4.69) is 11.1 Å². The van der Waals surface area contributed by atoms with Crippen LogP contribution >= 0.6 is 11.3 Å². The maximum atomic E-state index is 12.3. The first kappa shape index (κ1) is 13.8. The molecule has 0 atom stereocenters. The average molecular weight is 301 g/mol. The van der Waals surface area contributed by atoms with Crippen molar-refractivity contribution < 1.29 is 9.21 Å². The molecule has 2 aromatic heterocycles. The Kier molecular flexibility index (Phi) is 3.52. The molecule has 108 valence electrons. The Morgan fingerprint density at radius 1 is 1.62 bits per heavy atom. The Morgan fingerprint density at radius 2 is 2.43 bits per heavy atom. The summed E-state index contributed by atoms with van der Waals surface area (Å²) < 4.78 is 5.41. The molecule has 1 amide bonds. The minimum Gasteiger partial charge on any atom is -0.444 e. The van der Waals surface area contributed by atoms with Crippen LogP contribution in [0.2, 0.25) is 0 Å². The summed E-state index contributed by atoms with van der Waals surface area (Å²) in [5, 5.41) is 11.2. The van der Waals surface area contributed by atoms with Crippen molar-refractivity contribution in [3.05, 3.63) is 29.5 Å². The number of likely N-dealkylation sites (N-methyl/N-ethyl adjacent to an activating group) is 1. The molecule has 0 bridgehead atoms. The summed E-state index contributed by atoms with van der Waals surface area (Å²) in [7, 11) is 1.70. The highest BCUT2D eigenvalue weighted by Crippen LogP contribution is 2.36. The topological polar surface area (TPSA) is 70.1 Å². The predicted molar refractivity (Wildman–Crippen MR) is 78.5 cm³/mol. The Hall–Kier alpha value is -2.13. The van der Waals surface area contributed by atoms with Crippen molar-refractivity contribution in [3.63, 3.8) is 0 Å². The van der Waals surface area contributed by atoms with Gasteiger partial charge in [-0.15, -0.1) is 11.3 Å². The Morgan fingerprint density at radius 3 is 3.00 bits per heavy atom. The van der Waals surface area contributed by atoms with Gasteiger partial charge < -0.3 is 9.32 Å². The molecule has 3 rings (SSSR count). The fourth-order valence-corrected chi connectivity index (χ4v) is 3.10. The highest BCUT2D eigenvalue weighted by molar-refractivity contribution is 7.13. The molecule has 0 radical (unpaired) electrons. The molecule has 2 aromatic rings. The fourth-order valence-electron chi connectivity index (χ4n) is 2.45. The summed E-state index contributed by atoms with van der Waals surface area (Å²) in [5.74, 6) is 0.441. The van der Waals surface area contributed by atoms with Crippen LogP contribution in [0, 0.1) is 11.3 Å². The Balaban J connectivity index is 1.69. The number of oxazole rings is 1. The van der Waals surface area contributed by atoms with Crippen molar-refractivity contribution in [1.29, 1.82) is 5.26 Å². The van der Waals surface area contributed by atoms with E-state index < -0.39 is 5.54 Å². The predicted octanol–water partition coefficient (Wildman–Crippen LogP) is 2.85. The third-order valence-electron chi connectivity index (χ3n) is 4.02. The largest absolute Gasteiger partial charge is 0.444 e. The first-order chi connectivity index (χ1) is 10.1.